The third-order valence-electron chi connectivity index (χ3n) is 1.87. The lowest BCUT2D eigenvalue weighted by atomic mass is 10.2. The third kappa shape index (κ3) is 3.41. The second-order valence-corrected chi connectivity index (χ2v) is 3.33. The van der Waals surface area contributed by atoms with E-state index in [1.165, 1.54) is 6.92 Å². The number of aliphatic carboxylic acids is 1. The molecule has 1 amide bonds. The average Bonchev–Trinajstić information content (AvgIpc) is 2.50. The van der Waals surface area contributed by atoms with Crippen molar-refractivity contribution >= 4 is 11.9 Å². The standard InChI is InChI=1S/C9H13N3O3/c1-6(9(14)15)11-8(13)3-7-4-10-12(2)5-7/h4-6H,3H2,1-2H3,(H,11,13)(H,14,15)/t6-/m1/s1. The van der Waals surface area contributed by atoms with Gasteiger partial charge in [-0.2, -0.15) is 5.10 Å². The Hall–Kier alpha value is -1.85. The molecule has 1 atom stereocenters. The number of rotatable bonds is 4. The molecule has 0 saturated heterocycles. The molecule has 0 fully saturated rings. The number of aromatic nitrogens is 2. The average molecular weight is 211 g/mol. The molecule has 0 aliphatic carbocycles. The number of hydrogen-bond donors (Lipinski definition) is 2. The zero-order valence-corrected chi connectivity index (χ0v) is 8.60. The summed E-state index contributed by atoms with van der Waals surface area (Å²) in [5.41, 5.74) is 0.757. The Balaban J connectivity index is 2.46. The summed E-state index contributed by atoms with van der Waals surface area (Å²) < 4.78 is 1.59. The van der Waals surface area contributed by atoms with Crippen LogP contribution in [0.4, 0.5) is 0 Å². The molecule has 0 bridgehead atoms. The van der Waals surface area contributed by atoms with Crippen molar-refractivity contribution in [1.82, 2.24) is 15.1 Å². The molecule has 1 aromatic rings. The molecule has 6 heteroatoms. The number of carbonyl (C=O) groups is 2. The van der Waals surface area contributed by atoms with E-state index in [1.807, 2.05) is 0 Å². The Kier molecular flexibility index (Phi) is 3.43. The van der Waals surface area contributed by atoms with E-state index in [2.05, 4.69) is 10.4 Å². The molecule has 0 aliphatic heterocycles. The predicted molar refractivity (Wildman–Crippen MR) is 52.2 cm³/mol. The minimum atomic E-state index is -1.05. The summed E-state index contributed by atoms with van der Waals surface area (Å²) in [5, 5.41) is 14.8. The van der Waals surface area contributed by atoms with Gasteiger partial charge in [0, 0.05) is 13.2 Å². The molecule has 0 aromatic carbocycles. The Morgan fingerprint density at radius 3 is 2.80 bits per heavy atom. The quantitative estimate of drug-likeness (QED) is 0.706. The zero-order valence-electron chi connectivity index (χ0n) is 8.60. The normalized spacial score (nSPS) is 12.1. The van der Waals surface area contributed by atoms with Crippen LogP contribution in [-0.4, -0.2) is 32.8 Å². The first-order valence-electron chi connectivity index (χ1n) is 4.48. The summed E-state index contributed by atoms with van der Waals surface area (Å²) in [6.07, 6.45) is 3.43. The van der Waals surface area contributed by atoms with Gasteiger partial charge < -0.3 is 10.4 Å². The molecular weight excluding hydrogens is 198 g/mol. The van der Waals surface area contributed by atoms with E-state index in [4.69, 9.17) is 5.11 Å². The molecule has 15 heavy (non-hydrogen) atoms. The number of nitrogens with one attached hydrogen (secondary N) is 1. The molecule has 1 heterocycles. The van der Waals surface area contributed by atoms with E-state index < -0.39 is 12.0 Å². The van der Waals surface area contributed by atoms with Gasteiger partial charge in [0.15, 0.2) is 0 Å². The Labute approximate surface area is 86.9 Å². The summed E-state index contributed by atoms with van der Waals surface area (Å²) in [5.74, 6) is -1.37. The number of carbonyl (C=O) groups excluding carboxylic acids is 1. The maximum atomic E-state index is 11.3. The SMILES string of the molecule is C[C@@H](NC(=O)Cc1cnn(C)c1)C(=O)O. The van der Waals surface area contributed by atoms with Crippen LogP contribution in [0, 0.1) is 0 Å². The first-order chi connectivity index (χ1) is 6.99. The lowest BCUT2D eigenvalue weighted by molar-refractivity contribution is -0.141. The monoisotopic (exact) mass is 211 g/mol. The summed E-state index contributed by atoms with van der Waals surface area (Å²) in [7, 11) is 1.75. The molecule has 82 valence electrons. The Bertz CT molecular complexity index is 372. The first-order valence-corrected chi connectivity index (χ1v) is 4.48. The molecule has 1 rings (SSSR count). The maximum Gasteiger partial charge on any atom is 0.325 e. The van der Waals surface area contributed by atoms with Crippen molar-refractivity contribution in [2.45, 2.75) is 19.4 Å². The largest absolute Gasteiger partial charge is 0.480 e. The predicted octanol–water partition coefficient (Wildman–Crippen LogP) is -0.448. The van der Waals surface area contributed by atoms with E-state index in [1.54, 1.807) is 24.1 Å². The van der Waals surface area contributed by atoms with Gasteiger partial charge in [0.05, 0.1) is 12.6 Å². The van der Waals surface area contributed by atoms with Crippen LogP contribution in [0.15, 0.2) is 12.4 Å². The number of carboxylic acids is 1. The highest BCUT2D eigenvalue weighted by Crippen LogP contribution is 1.97. The molecule has 6 nitrogen and oxygen atoms in total. The summed E-state index contributed by atoms with van der Waals surface area (Å²) in [6.45, 7) is 1.42. The first kappa shape index (κ1) is 11.2. The summed E-state index contributed by atoms with van der Waals surface area (Å²) in [6, 6.07) is -0.867. The highest BCUT2D eigenvalue weighted by Gasteiger charge is 2.14. The fraction of sp³-hybridized carbons (Fsp3) is 0.444. The van der Waals surface area contributed by atoms with Crippen LogP contribution in [0.1, 0.15) is 12.5 Å². The van der Waals surface area contributed by atoms with Gasteiger partial charge >= 0.3 is 5.97 Å². The maximum absolute atomic E-state index is 11.3. The van der Waals surface area contributed by atoms with E-state index >= 15 is 0 Å². The highest BCUT2D eigenvalue weighted by molar-refractivity contribution is 5.84. The van der Waals surface area contributed by atoms with Crippen molar-refractivity contribution in [2.75, 3.05) is 0 Å². The van der Waals surface area contributed by atoms with Crippen molar-refractivity contribution in [2.24, 2.45) is 7.05 Å². The zero-order chi connectivity index (χ0) is 11.4. The second-order valence-electron chi connectivity index (χ2n) is 3.33. The lowest BCUT2D eigenvalue weighted by Gasteiger charge is -2.07. The van der Waals surface area contributed by atoms with Crippen LogP contribution in [-0.2, 0) is 23.1 Å². The topological polar surface area (TPSA) is 84.2 Å². The van der Waals surface area contributed by atoms with E-state index in [0.29, 0.717) is 0 Å². The number of nitrogens with zero attached hydrogens (tertiary/aromatic N) is 2. The van der Waals surface area contributed by atoms with Crippen LogP contribution < -0.4 is 5.32 Å². The molecule has 0 spiro atoms. The fourth-order valence-corrected chi connectivity index (χ4v) is 1.10. The molecule has 0 aliphatic rings. The van der Waals surface area contributed by atoms with Crippen molar-refractivity contribution < 1.29 is 14.7 Å². The molecule has 2 N–H and O–H groups in total. The number of amides is 1. The minimum absolute atomic E-state index is 0.144. The van der Waals surface area contributed by atoms with E-state index in [0.717, 1.165) is 5.56 Å². The van der Waals surface area contributed by atoms with Crippen LogP contribution >= 0.6 is 0 Å². The number of carboxylic acid groups (broad SMARTS) is 1. The molecule has 1 aromatic heterocycles. The van der Waals surface area contributed by atoms with Gasteiger partial charge in [0.1, 0.15) is 6.04 Å². The summed E-state index contributed by atoms with van der Waals surface area (Å²) in [4.78, 5) is 21.8. The smallest absolute Gasteiger partial charge is 0.325 e. The second kappa shape index (κ2) is 4.59. The summed E-state index contributed by atoms with van der Waals surface area (Å²) >= 11 is 0. The van der Waals surface area contributed by atoms with Crippen molar-refractivity contribution in [3.8, 4) is 0 Å². The molecule has 0 unspecified atom stereocenters. The highest BCUT2D eigenvalue weighted by atomic mass is 16.4. The van der Waals surface area contributed by atoms with Crippen molar-refractivity contribution in [1.29, 1.82) is 0 Å². The van der Waals surface area contributed by atoms with Crippen LogP contribution in [0.25, 0.3) is 0 Å². The van der Waals surface area contributed by atoms with Gasteiger partial charge in [-0.25, -0.2) is 0 Å². The van der Waals surface area contributed by atoms with Gasteiger partial charge in [0.25, 0.3) is 0 Å². The minimum Gasteiger partial charge on any atom is -0.480 e. The lowest BCUT2D eigenvalue weighted by Crippen LogP contribution is -2.39. The third-order valence-corrected chi connectivity index (χ3v) is 1.87. The number of hydrogen-bond acceptors (Lipinski definition) is 3. The molecule has 0 radical (unpaired) electrons. The van der Waals surface area contributed by atoms with Crippen molar-refractivity contribution in [3.05, 3.63) is 18.0 Å². The van der Waals surface area contributed by atoms with Gasteiger partial charge in [0.2, 0.25) is 5.91 Å². The van der Waals surface area contributed by atoms with Crippen LogP contribution in [0.2, 0.25) is 0 Å². The van der Waals surface area contributed by atoms with E-state index in [9.17, 15) is 9.59 Å². The van der Waals surface area contributed by atoms with Crippen LogP contribution in [0.5, 0.6) is 0 Å². The molecule has 0 saturated carbocycles. The van der Waals surface area contributed by atoms with Gasteiger partial charge in [-0.1, -0.05) is 0 Å². The van der Waals surface area contributed by atoms with Crippen molar-refractivity contribution in [3.63, 3.8) is 0 Å². The van der Waals surface area contributed by atoms with Gasteiger partial charge in [-0.3, -0.25) is 14.3 Å². The number of aryl methyl sites for hydroxylation is 1. The molecular formula is C9H13N3O3. The fourth-order valence-electron chi connectivity index (χ4n) is 1.10. The van der Waals surface area contributed by atoms with Crippen LogP contribution in [0.3, 0.4) is 0 Å². The van der Waals surface area contributed by atoms with Gasteiger partial charge in [-0.05, 0) is 12.5 Å². The Morgan fingerprint density at radius 2 is 2.33 bits per heavy atom. The van der Waals surface area contributed by atoms with E-state index in [-0.39, 0.29) is 12.3 Å². The Morgan fingerprint density at radius 1 is 1.67 bits per heavy atom. The van der Waals surface area contributed by atoms with Gasteiger partial charge in [-0.15, -0.1) is 0 Å².